The van der Waals surface area contributed by atoms with Gasteiger partial charge in [-0.2, -0.15) is 0 Å². The molecule has 1 aliphatic heterocycles. The van der Waals surface area contributed by atoms with E-state index in [9.17, 15) is 14.7 Å². The summed E-state index contributed by atoms with van der Waals surface area (Å²) < 4.78 is 22.1. The van der Waals surface area contributed by atoms with E-state index in [-0.39, 0.29) is 18.1 Å². The van der Waals surface area contributed by atoms with Gasteiger partial charge >= 0.3 is 11.9 Å². The molecule has 0 aliphatic carbocycles. The number of nitrogens with one attached hydrogen (secondary N) is 1. The number of aryl methyl sites for hydroxylation is 1. The van der Waals surface area contributed by atoms with Crippen LogP contribution in [0.3, 0.4) is 0 Å². The number of likely N-dealkylation sites (N-methyl/N-ethyl adjacent to an activating group) is 1. The Hall–Kier alpha value is -4.28. The van der Waals surface area contributed by atoms with Crippen LogP contribution in [0.25, 0.3) is 11.1 Å². The van der Waals surface area contributed by atoms with Crippen LogP contribution < -0.4 is 19.7 Å². The van der Waals surface area contributed by atoms with Crippen LogP contribution in [-0.2, 0) is 11.3 Å². The lowest BCUT2D eigenvalue weighted by molar-refractivity contribution is 0.0478. The average Bonchev–Trinajstić information content (AvgIpc) is 3.62. The number of carbonyl (C=O) groups is 2. The number of rotatable bonds is 7. The molecule has 0 saturated carbocycles. The van der Waals surface area contributed by atoms with Gasteiger partial charge in [-0.3, -0.25) is 0 Å². The summed E-state index contributed by atoms with van der Waals surface area (Å²) in [6.07, 6.45) is 0.545. The second-order valence-corrected chi connectivity index (χ2v) is 11.3. The smallest absolute Gasteiger partial charge is 0.379 e. The van der Waals surface area contributed by atoms with Crippen molar-refractivity contribution in [1.29, 1.82) is 0 Å². The number of aliphatic hydroxyl groups is 1. The third-order valence-electron chi connectivity index (χ3n) is 6.79. The van der Waals surface area contributed by atoms with Gasteiger partial charge in [0.1, 0.15) is 29.2 Å². The van der Waals surface area contributed by atoms with Gasteiger partial charge in [-0.05, 0) is 68.8 Å². The van der Waals surface area contributed by atoms with Crippen molar-refractivity contribution in [2.45, 2.75) is 39.1 Å². The van der Waals surface area contributed by atoms with Gasteiger partial charge < -0.3 is 34.0 Å². The van der Waals surface area contributed by atoms with Gasteiger partial charge in [0, 0.05) is 29.1 Å². The molecule has 2 aromatic heterocycles. The van der Waals surface area contributed by atoms with Crippen LogP contribution in [0.15, 0.2) is 65.3 Å². The molecule has 0 amide bonds. The number of furan rings is 1. The molecule has 0 spiro atoms. The van der Waals surface area contributed by atoms with Crippen LogP contribution >= 0.6 is 11.3 Å². The molecule has 0 saturated heterocycles. The largest absolute Gasteiger partial charge is 0.496 e. The number of nitrogens with zero attached hydrogens (tertiary/aromatic N) is 1. The maximum Gasteiger partial charge on any atom is 0.379 e. The normalized spacial score (nSPS) is 15.7. The van der Waals surface area contributed by atoms with Crippen molar-refractivity contribution in [3.8, 4) is 22.6 Å². The summed E-state index contributed by atoms with van der Waals surface area (Å²) in [5, 5.41) is 14.5. The minimum Gasteiger partial charge on any atom is -0.496 e. The molecule has 5 rings (SSSR count). The topological polar surface area (TPSA) is 110 Å². The number of methoxy groups -OCH3 is 1. The lowest BCUT2D eigenvalue weighted by Gasteiger charge is -2.46. The molecular formula is C30H30N2O7S. The Morgan fingerprint density at radius 1 is 1.10 bits per heavy atom. The molecule has 0 fully saturated rings. The molecule has 2 N–H and O–H groups in total. The number of anilines is 2. The van der Waals surface area contributed by atoms with E-state index >= 15 is 0 Å². The summed E-state index contributed by atoms with van der Waals surface area (Å²) in [6.45, 7) is 5.70. The number of hydrogen-bond donors (Lipinski definition) is 2. The van der Waals surface area contributed by atoms with Crippen molar-refractivity contribution in [3.63, 3.8) is 0 Å². The van der Waals surface area contributed by atoms with E-state index in [1.165, 1.54) is 30.8 Å². The van der Waals surface area contributed by atoms with Crippen molar-refractivity contribution >= 4 is 34.7 Å². The maximum atomic E-state index is 12.9. The minimum atomic E-state index is -0.852. The standard InChI is InChI=1S/C30H30N2O7S/c1-17-8-13-25(40-17)28(34)38-16-21-19(11-12-22-26(21)32(4)29(35)30(2,3)31-22)20-10-9-18(15-24(20)36-5)39-27(33)23-7-6-14-37-23/h6-15,29,31,35H,16H2,1-5H3. The first-order chi connectivity index (χ1) is 19.1. The molecule has 1 aliphatic rings. The highest BCUT2D eigenvalue weighted by molar-refractivity contribution is 7.13. The zero-order valence-electron chi connectivity index (χ0n) is 22.8. The second-order valence-electron chi connectivity index (χ2n) is 10.0. The third kappa shape index (κ3) is 5.15. The molecule has 9 nitrogen and oxygen atoms in total. The number of ether oxygens (including phenoxy) is 3. The quantitative estimate of drug-likeness (QED) is 0.211. The number of carbonyl (C=O) groups excluding carboxylic acids is 2. The first kappa shape index (κ1) is 27.3. The summed E-state index contributed by atoms with van der Waals surface area (Å²) in [4.78, 5) is 28.6. The van der Waals surface area contributed by atoms with E-state index in [4.69, 9.17) is 18.6 Å². The fraction of sp³-hybridized carbons (Fsp3) is 0.267. The Bertz CT molecular complexity index is 1560. The average molecular weight is 563 g/mol. The van der Waals surface area contributed by atoms with Gasteiger partial charge in [-0.25, -0.2) is 9.59 Å². The van der Waals surface area contributed by atoms with Crippen LogP contribution in [0.1, 0.15) is 44.5 Å². The Balaban J connectivity index is 1.55. The van der Waals surface area contributed by atoms with Gasteiger partial charge in [0.15, 0.2) is 0 Å². The molecule has 4 aromatic rings. The molecular weight excluding hydrogens is 532 g/mol. The SMILES string of the molecule is COc1cc(OC(=O)c2ccco2)ccc1-c1ccc2c(c1COC(=O)c1ccc(C)s1)N(C)C(O)C(C)(C)N2. The van der Waals surface area contributed by atoms with Crippen LogP contribution in [0.4, 0.5) is 11.4 Å². The predicted octanol–water partition coefficient (Wildman–Crippen LogP) is 5.86. The van der Waals surface area contributed by atoms with Crippen LogP contribution in [0.5, 0.6) is 11.5 Å². The van der Waals surface area contributed by atoms with Crippen molar-refractivity contribution < 1.29 is 33.3 Å². The molecule has 0 bridgehead atoms. The van der Waals surface area contributed by atoms with E-state index in [1.54, 1.807) is 42.3 Å². The predicted molar refractivity (Wildman–Crippen MR) is 152 cm³/mol. The fourth-order valence-corrected chi connectivity index (χ4v) is 5.58. The maximum absolute atomic E-state index is 12.9. The van der Waals surface area contributed by atoms with E-state index in [1.807, 2.05) is 39.0 Å². The van der Waals surface area contributed by atoms with Gasteiger partial charge in [-0.1, -0.05) is 6.07 Å². The summed E-state index contributed by atoms with van der Waals surface area (Å²) in [6, 6.07) is 15.6. The van der Waals surface area contributed by atoms with E-state index in [2.05, 4.69) is 5.32 Å². The lowest BCUT2D eigenvalue weighted by atomic mass is 9.91. The van der Waals surface area contributed by atoms with E-state index in [0.717, 1.165) is 16.1 Å². The van der Waals surface area contributed by atoms with Crippen LogP contribution in [0, 0.1) is 6.92 Å². The summed E-state index contributed by atoms with van der Waals surface area (Å²) in [5.74, 6) is -0.259. The van der Waals surface area contributed by atoms with Crippen molar-refractivity contribution in [1.82, 2.24) is 0 Å². The van der Waals surface area contributed by atoms with Gasteiger partial charge in [0.2, 0.25) is 5.76 Å². The fourth-order valence-electron chi connectivity index (χ4n) is 4.82. The molecule has 208 valence electrons. The summed E-state index contributed by atoms with van der Waals surface area (Å²) in [5.41, 5.74) is 2.98. The monoisotopic (exact) mass is 562 g/mol. The number of benzene rings is 2. The third-order valence-corrected chi connectivity index (χ3v) is 7.77. The Morgan fingerprint density at radius 3 is 2.55 bits per heavy atom. The van der Waals surface area contributed by atoms with Crippen LogP contribution in [0.2, 0.25) is 0 Å². The molecule has 0 radical (unpaired) electrons. The molecule has 2 aromatic carbocycles. The Kier molecular flexibility index (Phi) is 7.31. The first-order valence-electron chi connectivity index (χ1n) is 12.6. The number of esters is 2. The highest BCUT2D eigenvalue weighted by atomic mass is 32.1. The summed E-state index contributed by atoms with van der Waals surface area (Å²) >= 11 is 1.37. The van der Waals surface area contributed by atoms with Crippen molar-refractivity contribution in [2.75, 3.05) is 24.4 Å². The number of aliphatic hydroxyl groups excluding tert-OH is 1. The molecule has 1 unspecified atom stereocenters. The number of thiophene rings is 1. The highest BCUT2D eigenvalue weighted by Gasteiger charge is 2.39. The Labute approximate surface area is 235 Å². The molecule has 10 heteroatoms. The number of hydrogen-bond acceptors (Lipinski definition) is 10. The van der Waals surface area contributed by atoms with Crippen molar-refractivity contribution in [3.05, 3.63) is 81.9 Å². The first-order valence-corrected chi connectivity index (χ1v) is 13.4. The van der Waals surface area contributed by atoms with Gasteiger partial charge in [0.05, 0.1) is 30.3 Å². The number of fused-ring (bicyclic) bond motifs is 1. The molecule has 40 heavy (non-hydrogen) atoms. The molecule has 1 atom stereocenters. The molecule has 3 heterocycles. The zero-order chi connectivity index (χ0) is 28.6. The summed E-state index contributed by atoms with van der Waals surface area (Å²) in [7, 11) is 3.33. The van der Waals surface area contributed by atoms with Crippen LogP contribution in [-0.4, -0.2) is 43.0 Å². The van der Waals surface area contributed by atoms with Gasteiger partial charge in [-0.15, -0.1) is 11.3 Å². The second kappa shape index (κ2) is 10.7. The highest BCUT2D eigenvalue weighted by Crippen LogP contribution is 2.45. The van der Waals surface area contributed by atoms with Crippen molar-refractivity contribution in [2.24, 2.45) is 0 Å². The minimum absolute atomic E-state index is 0.0498. The Morgan fingerprint density at radius 2 is 1.88 bits per heavy atom. The van der Waals surface area contributed by atoms with E-state index in [0.29, 0.717) is 27.4 Å². The zero-order valence-corrected chi connectivity index (χ0v) is 23.6. The van der Waals surface area contributed by atoms with Gasteiger partial charge in [0.25, 0.3) is 0 Å². The van der Waals surface area contributed by atoms with E-state index < -0.39 is 23.7 Å². The lowest BCUT2D eigenvalue weighted by Crippen LogP contribution is -2.56.